The first-order valence-electron chi connectivity index (χ1n) is 4.39. The van der Waals surface area contributed by atoms with Gasteiger partial charge in [0.25, 0.3) is 0 Å². The van der Waals surface area contributed by atoms with E-state index in [4.69, 9.17) is 5.11 Å². The number of fused-ring (bicyclic) bond motifs is 1. The van der Waals surface area contributed by atoms with Crippen LogP contribution in [0.3, 0.4) is 0 Å². The summed E-state index contributed by atoms with van der Waals surface area (Å²) in [4.78, 5) is 15.9. The van der Waals surface area contributed by atoms with Crippen molar-refractivity contribution in [1.82, 2.24) is 4.98 Å². The Hall–Kier alpha value is -0.940. The lowest BCUT2D eigenvalue weighted by Gasteiger charge is -2.09. The van der Waals surface area contributed by atoms with Crippen LogP contribution >= 0.6 is 23.5 Å². The van der Waals surface area contributed by atoms with Crippen molar-refractivity contribution in [3.05, 3.63) is 35.0 Å². The zero-order chi connectivity index (χ0) is 10.7. The van der Waals surface area contributed by atoms with Crippen LogP contribution in [0.2, 0.25) is 0 Å². The molecule has 0 aromatic carbocycles. The summed E-state index contributed by atoms with van der Waals surface area (Å²) in [6, 6.07) is 1.70. The molecule has 1 aromatic heterocycles. The number of nitrogens with zero attached hydrogens (tertiary/aromatic N) is 1. The van der Waals surface area contributed by atoms with E-state index in [1.54, 1.807) is 29.6 Å². The summed E-state index contributed by atoms with van der Waals surface area (Å²) in [7, 11) is 0. The molecule has 1 N–H and O–H groups in total. The van der Waals surface area contributed by atoms with E-state index in [0.717, 1.165) is 22.1 Å². The first kappa shape index (κ1) is 10.6. The normalized spacial score (nSPS) is 15.2. The van der Waals surface area contributed by atoms with Crippen molar-refractivity contribution in [2.24, 2.45) is 0 Å². The highest BCUT2D eigenvalue weighted by Crippen LogP contribution is 2.28. The minimum atomic E-state index is -0.920. The van der Waals surface area contributed by atoms with E-state index in [-0.39, 0.29) is 5.56 Å². The lowest BCUT2D eigenvalue weighted by molar-refractivity contribution is 0.0696. The van der Waals surface area contributed by atoms with Gasteiger partial charge in [-0.25, -0.2) is 4.79 Å². The van der Waals surface area contributed by atoms with Gasteiger partial charge in [0.15, 0.2) is 0 Å². The molecule has 78 valence electrons. The van der Waals surface area contributed by atoms with Crippen molar-refractivity contribution in [2.75, 3.05) is 5.75 Å². The van der Waals surface area contributed by atoms with Crippen LogP contribution in [-0.2, 0) is 5.75 Å². The number of rotatable bonds is 1. The number of carboxylic acid groups (broad SMARTS) is 1. The van der Waals surface area contributed by atoms with Crippen molar-refractivity contribution in [3.63, 3.8) is 0 Å². The van der Waals surface area contributed by atoms with E-state index < -0.39 is 5.97 Å². The predicted octanol–water partition coefficient (Wildman–Crippen LogP) is 2.63. The molecule has 1 aromatic rings. The van der Waals surface area contributed by atoms with E-state index in [0.29, 0.717) is 0 Å². The molecule has 0 bridgehead atoms. The number of hydrogen-bond donors (Lipinski definition) is 1. The molecule has 0 fully saturated rings. The summed E-state index contributed by atoms with van der Waals surface area (Å²) in [6.45, 7) is 0. The van der Waals surface area contributed by atoms with E-state index in [1.807, 2.05) is 0 Å². The molecule has 0 aliphatic carbocycles. The Bertz CT molecular complexity index is 418. The highest BCUT2D eigenvalue weighted by molar-refractivity contribution is 8.02. The summed E-state index contributed by atoms with van der Waals surface area (Å²) in [5.74, 6) is 0.750. The van der Waals surface area contributed by atoms with Gasteiger partial charge < -0.3 is 5.11 Å². The maximum absolute atomic E-state index is 10.8. The number of thioether (sulfide) groups is 2. The van der Waals surface area contributed by atoms with Gasteiger partial charge >= 0.3 is 5.97 Å². The molecule has 2 heterocycles. The molecule has 1 aliphatic heterocycles. The van der Waals surface area contributed by atoms with Crippen LogP contribution in [0.25, 0.3) is 0 Å². The van der Waals surface area contributed by atoms with Gasteiger partial charge in [-0.15, -0.1) is 23.5 Å². The SMILES string of the molecule is O=C(O)c1cnc2c(c1)SCC=CSC2. The van der Waals surface area contributed by atoms with Crippen LogP contribution in [0.5, 0.6) is 0 Å². The Morgan fingerprint density at radius 1 is 1.53 bits per heavy atom. The van der Waals surface area contributed by atoms with Crippen molar-refractivity contribution in [3.8, 4) is 0 Å². The molecule has 1 aliphatic rings. The van der Waals surface area contributed by atoms with Crippen LogP contribution in [0.4, 0.5) is 0 Å². The second kappa shape index (κ2) is 4.72. The average Bonchev–Trinajstić information content (AvgIpc) is 2.18. The average molecular weight is 239 g/mol. The number of carbonyl (C=O) groups is 1. The summed E-state index contributed by atoms with van der Waals surface area (Å²) >= 11 is 3.31. The smallest absolute Gasteiger partial charge is 0.337 e. The first-order chi connectivity index (χ1) is 7.27. The third-order valence-electron chi connectivity index (χ3n) is 1.93. The van der Waals surface area contributed by atoms with Gasteiger partial charge in [0, 0.05) is 22.6 Å². The standard InChI is InChI=1S/C10H9NO2S2/c12-10(13)7-4-9-8(11-5-7)6-14-2-1-3-15-9/h1-2,4-5H,3,6H2,(H,12,13). The molecule has 0 unspecified atom stereocenters. The maximum atomic E-state index is 10.8. The Morgan fingerprint density at radius 3 is 3.20 bits per heavy atom. The second-order valence-electron chi connectivity index (χ2n) is 2.97. The minimum Gasteiger partial charge on any atom is -0.478 e. The van der Waals surface area contributed by atoms with E-state index in [1.165, 1.54) is 6.20 Å². The number of aromatic carboxylic acids is 1. The predicted molar refractivity (Wildman–Crippen MR) is 62.4 cm³/mol. The molecular formula is C10H9NO2S2. The molecule has 0 saturated heterocycles. The molecule has 0 amide bonds. The van der Waals surface area contributed by atoms with Crippen LogP contribution in [-0.4, -0.2) is 21.8 Å². The lowest BCUT2D eigenvalue weighted by Crippen LogP contribution is -2.01. The zero-order valence-electron chi connectivity index (χ0n) is 7.84. The molecule has 0 radical (unpaired) electrons. The lowest BCUT2D eigenvalue weighted by atomic mass is 10.2. The molecule has 0 spiro atoms. The van der Waals surface area contributed by atoms with Crippen molar-refractivity contribution >= 4 is 29.5 Å². The fraction of sp³-hybridized carbons (Fsp3) is 0.200. The van der Waals surface area contributed by atoms with Crippen LogP contribution in [0, 0.1) is 0 Å². The summed E-state index contributed by atoms with van der Waals surface area (Å²) in [5.41, 5.74) is 1.23. The maximum Gasteiger partial charge on any atom is 0.337 e. The Kier molecular flexibility index (Phi) is 3.33. The minimum absolute atomic E-state index is 0.260. The van der Waals surface area contributed by atoms with Gasteiger partial charge in [0.05, 0.1) is 11.3 Å². The third kappa shape index (κ3) is 2.54. The van der Waals surface area contributed by atoms with E-state index >= 15 is 0 Å². The number of pyridine rings is 1. The van der Waals surface area contributed by atoms with Crippen LogP contribution in [0.15, 0.2) is 28.6 Å². The van der Waals surface area contributed by atoms with Crippen molar-refractivity contribution < 1.29 is 9.90 Å². The molecule has 0 saturated carbocycles. The molecule has 0 atom stereocenters. The fourth-order valence-electron chi connectivity index (χ4n) is 1.20. The Labute approximate surface area is 96.0 Å². The summed E-state index contributed by atoms with van der Waals surface area (Å²) < 4.78 is 0. The van der Waals surface area contributed by atoms with Gasteiger partial charge in [-0.05, 0) is 11.5 Å². The van der Waals surface area contributed by atoms with Crippen LogP contribution < -0.4 is 0 Å². The van der Waals surface area contributed by atoms with E-state index in [9.17, 15) is 4.79 Å². The number of aromatic nitrogens is 1. The summed E-state index contributed by atoms with van der Waals surface area (Å²) in [6.07, 6.45) is 3.50. The molecule has 3 nitrogen and oxygen atoms in total. The largest absolute Gasteiger partial charge is 0.478 e. The Balaban J connectivity index is 2.34. The summed E-state index contributed by atoms with van der Waals surface area (Å²) in [5, 5.41) is 10.9. The number of carboxylic acids is 1. The fourth-order valence-corrected chi connectivity index (χ4v) is 3.00. The zero-order valence-corrected chi connectivity index (χ0v) is 9.48. The monoisotopic (exact) mass is 239 g/mol. The highest BCUT2D eigenvalue weighted by Gasteiger charge is 2.10. The van der Waals surface area contributed by atoms with Gasteiger partial charge in [0.2, 0.25) is 0 Å². The van der Waals surface area contributed by atoms with Crippen LogP contribution in [0.1, 0.15) is 16.1 Å². The van der Waals surface area contributed by atoms with Gasteiger partial charge in [-0.2, -0.15) is 0 Å². The van der Waals surface area contributed by atoms with Crippen molar-refractivity contribution in [2.45, 2.75) is 10.6 Å². The van der Waals surface area contributed by atoms with Gasteiger partial charge in [0.1, 0.15) is 0 Å². The third-order valence-corrected chi connectivity index (χ3v) is 3.77. The quantitative estimate of drug-likeness (QED) is 0.816. The van der Waals surface area contributed by atoms with Gasteiger partial charge in [-0.3, -0.25) is 4.98 Å². The molecular weight excluding hydrogens is 230 g/mol. The molecule has 2 rings (SSSR count). The Morgan fingerprint density at radius 2 is 2.40 bits per heavy atom. The molecule has 5 heteroatoms. The van der Waals surface area contributed by atoms with Crippen molar-refractivity contribution in [1.29, 1.82) is 0 Å². The second-order valence-corrected chi connectivity index (χ2v) is 4.92. The number of hydrogen-bond acceptors (Lipinski definition) is 4. The topological polar surface area (TPSA) is 50.2 Å². The highest BCUT2D eigenvalue weighted by atomic mass is 32.2. The van der Waals surface area contributed by atoms with Gasteiger partial charge in [-0.1, -0.05) is 6.08 Å². The molecule has 15 heavy (non-hydrogen) atoms. The van der Waals surface area contributed by atoms with E-state index in [2.05, 4.69) is 16.5 Å². The first-order valence-corrected chi connectivity index (χ1v) is 6.42.